The molecule has 0 spiro atoms. The fraction of sp³-hybridized carbons (Fsp3) is 0.538. The van der Waals surface area contributed by atoms with Gasteiger partial charge in [-0.05, 0) is 36.9 Å². The van der Waals surface area contributed by atoms with Gasteiger partial charge >= 0.3 is 0 Å². The van der Waals surface area contributed by atoms with Crippen molar-refractivity contribution in [1.82, 2.24) is 5.32 Å². The van der Waals surface area contributed by atoms with E-state index >= 15 is 0 Å². The fourth-order valence-electron chi connectivity index (χ4n) is 3.07. The first-order valence-corrected chi connectivity index (χ1v) is 5.98. The average Bonchev–Trinajstić information content (AvgIpc) is 2.26. The van der Waals surface area contributed by atoms with E-state index in [0.717, 1.165) is 13.0 Å². The number of hydrogen-bond acceptors (Lipinski definition) is 3. The Morgan fingerprint density at radius 1 is 1.31 bits per heavy atom. The minimum Gasteiger partial charge on any atom is -0.388 e. The normalized spacial score (nSPS) is 37.6. The lowest BCUT2D eigenvalue weighted by Gasteiger charge is -2.49. The van der Waals surface area contributed by atoms with Crippen LogP contribution in [0.25, 0.3) is 0 Å². The smallest absolute Gasteiger partial charge is 0.0871 e. The average molecular weight is 218 g/mol. The first-order chi connectivity index (χ1) is 7.69. The number of rotatable bonds is 1. The Labute approximate surface area is 95.7 Å². The Balaban J connectivity index is 1.93. The molecule has 2 aliphatic rings. The quantitative estimate of drug-likeness (QED) is 0.651. The zero-order chi connectivity index (χ0) is 11.2. The second kappa shape index (κ2) is 3.55. The first-order valence-electron chi connectivity index (χ1n) is 5.98. The van der Waals surface area contributed by atoms with Crippen molar-refractivity contribution in [2.24, 2.45) is 5.73 Å². The molecule has 86 valence electrons. The van der Waals surface area contributed by atoms with Crippen molar-refractivity contribution in [3.05, 3.63) is 35.4 Å². The van der Waals surface area contributed by atoms with Crippen molar-refractivity contribution in [3.8, 4) is 0 Å². The topological polar surface area (TPSA) is 58.3 Å². The minimum atomic E-state index is -0.629. The fourth-order valence-corrected chi connectivity index (χ4v) is 3.07. The molecule has 3 rings (SSSR count). The minimum absolute atomic E-state index is 0.0669. The van der Waals surface area contributed by atoms with Gasteiger partial charge < -0.3 is 16.2 Å². The van der Waals surface area contributed by atoms with E-state index in [-0.39, 0.29) is 12.1 Å². The van der Waals surface area contributed by atoms with Crippen LogP contribution in [-0.2, 0) is 6.42 Å². The van der Waals surface area contributed by atoms with Crippen LogP contribution in [-0.4, -0.2) is 23.3 Å². The summed E-state index contributed by atoms with van der Waals surface area (Å²) in [5.74, 6) is 0. The van der Waals surface area contributed by atoms with Crippen molar-refractivity contribution in [3.63, 3.8) is 0 Å². The van der Waals surface area contributed by atoms with Gasteiger partial charge in [0.05, 0.1) is 11.6 Å². The van der Waals surface area contributed by atoms with E-state index in [9.17, 15) is 5.11 Å². The van der Waals surface area contributed by atoms with Gasteiger partial charge in [0.1, 0.15) is 0 Å². The third-order valence-electron chi connectivity index (χ3n) is 3.88. The molecule has 1 saturated carbocycles. The van der Waals surface area contributed by atoms with Crippen LogP contribution in [0.15, 0.2) is 24.3 Å². The molecule has 3 nitrogen and oxygen atoms in total. The predicted octanol–water partition coefficient (Wildman–Crippen LogP) is 0.726. The summed E-state index contributed by atoms with van der Waals surface area (Å²) >= 11 is 0. The molecule has 1 aliphatic carbocycles. The summed E-state index contributed by atoms with van der Waals surface area (Å²) in [4.78, 5) is 0. The highest BCUT2D eigenvalue weighted by atomic mass is 16.3. The van der Waals surface area contributed by atoms with Gasteiger partial charge in [0, 0.05) is 6.04 Å². The summed E-state index contributed by atoms with van der Waals surface area (Å²) in [5, 5.41) is 13.9. The summed E-state index contributed by atoms with van der Waals surface area (Å²) in [6, 6.07) is 8.62. The van der Waals surface area contributed by atoms with Gasteiger partial charge in [0.2, 0.25) is 0 Å². The predicted molar refractivity (Wildman–Crippen MR) is 63.0 cm³/mol. The van der Waals surface area contributed by atoms with Crippen LogP contribution in [0.1, 0.15) is 30.0 Å². The molecule has 3 heteroatoms. The number of benzene rings is 1. The molecule has 1 atom stereocenters. The van der Waals surface area contributed by atoms with E-state index in [0.29, 0.717) is 12.8 Å². The van der Waals surface area contributed by atoms with Gasteiger partial charge in [-0.25, -0.2) is 0 Å². The van der Waals surface area contributed by atoms with E-state index in [1.807, 2.05) is 6.07 Å². The molecule has 0 saturated heterocycles. The molecule has 16 heavy (non-hydrogen) atoms. The van der Waals surface area contributed by atoms with Gasteiger partial charge in [-0.2, -0.15) is 0 Å². The van der Waals surface area contributed by atoms with Crippen LogP contribution >= 0.6 is 0 Å². The molecule has 1 fully saturated rings. The van der Waals surface area contributed by atoms with E-state index in [4.69, 9.17) is 5.73 Å². The summed E-state index contributed by atoms with van der Waals surface area (Å²) < 4.78 is 0. The number of nitrogens with one attached hydrogen (secondary N) is 1. The number of hydrogen-bond donors (Lipinski definition) is 3. The molecule has 1 aromatic rings. The third-order valence-corrected chi connectivity index (χ3v) is 3.88. The molecule has 0 aromatic heterocycles. The van der Waals surface area contributed by atoms with E-state index in [1.165, 1.54) is 11.1 Å². The SMILES string of the molecule is NC1CC(O)(C2NCCc3ccccc32)C1. The molecule has 0 amide bonds. The van der Waals surface area contributed by atoms with Crippen LogP contribution in [0, 0.1) is 0 Å². The molecule has 1 unspecified atom stereocenters. The second-order valence-electron chi connectivity index (χ2n) is 5.11. The maximum atomic E-state index is 10.5. The van der Waals surface area contributed by atoms with Gasteiger partial charge in [-0.15, -0.1) is 0 Å². The summed E-state index contributed by atoms with van der Waals surface area (Å²) in [6.07, 6.45) is 2.47. The monoisotopic (exact) mass is 218 g/mol. The van der Waals surface area contributed by atoms with Crippen molar-refractivity contribution < 1.29 is 5.11 Å². The highest BCUT2D eigenvalue weighted by Crippen LogP contribution is 2.43. The number of aliphatic hydroxyl groups is 1. The maximum Gasteiger partial charge on any atom is 0.0871 e. The molecule has 0 bridgehead atoms. The summed E-state index contributed by atoms with van der Waals surface area (Å²) in [7, 11) is 0. The Morgan fingerprint density at radius 3 is 2.81 bits per heavy atom. The lowest BCUT2D eigenvalue weighted by Crippen LogP contribution is -2.59. The van der Waals surface area contributed by atoms with E-state index in [1.54, 1.807) is 0 Å². The van der Waals surface area contributed by atoms with E-state index < -0.39 is 5.60 Å². The lowest BCUT2D eigenvalue weighted by molar-refractivity contribution is -0.0792. The Kier molecular flexibility index (Phi) is 2.28. The van der Waals surface area contributed by atoms with Crippen molar-refractivity contribution in [1.29, 1.82) is 0 Å². The van der Waals surface area contributed by atoms with Gasteiger partial charge in [0.15, 0.2) is 0 Å². The van der Waals surface area contributed by atoms with Crippen molar-refractivity contribution in [2.45, 2.75) is 36.9 Å². The Hall–Kier alpha value is -0.900. The van der Waals surface area contributed by atoms with Crippen LogP contribution in [0.5, 0.6) is 0 Å². The van der Waals surface area contributed by atoms with Gasteiger partial charge in [0.25, 0.3) is 0 Å². The summed E-state index contributed by atoms with van der Waals surface area (Å²) in [6.45, 7) is 0.944. The van der Waals surface area contributed by atoms with Crippen LogP contribution < -0.4 is 11.1 Å². The van der Waals surface area contributed by atoms with Crippen molar-refractivity contribution >= 4 is 0 Å². The highest BCUT2D eigenvalue weighted by molar-refractivity contribution is 5.35. The largest absolute Gasteiger partial charge is 0.388 e. The van der Waals surface area contributed by atoms with Crippen LogP contribution in [0.2, 0.25) is 0 Å². The second-order valence-corrected chi connectivity index (χ2v) is 5.11. The molecule has 4 N–H and O–H groups in total. The van der Waals surface area contributed by atoms with Crippen LogP contribution in [0.3, 0.4) is 0 Å². The zero-order valence-corrected chi connectivity index (χ0v) is 9.32. The first kappa shape index (κ1) is 10.3. The number of fused-ring (bicyclic) bond motifs is 1. The van der Waals surface area contributed by atoms with Crippen LogP contribution in [0.4, 0.5) is 0 Å². The molecule has 1 heterocycles. The zero-order valence-electron chi connectivity index (χ0n) is 9.32. The maximum absolute atomic E-state index is 10.5. The lowest BCUT2D eigenvalue weighted by atomic mass is 9.68. The van der Waals surface area contributed by atoms with Gasteiger partial charge in [-0.1, -0.05) is 24.3 Å². The number of nitrogens with two attached hydrogens (primary N) is 1. The van der Waals surface area contributed by atoms with Gasteiger partial charge in [-0.3, -0.25) is 0 Å². The molecule has 1 aliphatic heterocycles. The highest BCUT2D eigenvalue weighted by Gasteiger charge is 2.48. The van der Waals surface area contributed by atoms with E-state index in [2.05, 4.69) is 23.5 Å². The molecular weight excluding hydrogens is 200 g/mol. The Morgan fingerprint density at radius 2 is 2.06 bits per heavy atom. The molecular formula is C13H18N2O. The third kappa shape index (κ3) is 1.47. The molecule has 1 aromatic carbocycles. The summed E-state index contributed by atoms with van der Waals surface area (Å²) in [5.41, 5.74) is 7.78. The molecule has 0 radical (unpaired) electrons. The Bertz CT molecular complexity index is 399. The van der Waals surface area contributed by atoms with Crippen molar-refractivity contribution in [2.75, 3.05) is 6.54 Å². The standard InChI is InChI=1S/C13H18N2O/c14-10-7-13(16,8-10)12-11-4-2-1-3-9(11)5-6-15-12/h1-4,10,12,15-16H,5-8,14H2.